The zero-order valence-electron chi connectivity index (χ0n) is 28.3. The molecule has 10 heteroatoms. The highest BCUT2D eigenvalue weighted by atomic mass is 16.5. The first-order chi connectivity index (χ1) is 24.1. The van der Waals surface area contributed by atoms with Crippen molar-refractivity contribution in [2.75, 3.05) is 66.5 Å². The summed E-state index contributed by atoms with van der Waals surface area (Å²) < 4.78 is 11.7. The number of benzene rings is 4. The summed E-state index contributed by atoms with van der Waals surface area (Å²) in [5.41, 5.74) is 22.8. The first kappa shape index (κ1) is 31.2. The van der Waals surface area contributed by atoms with Gasteiger partial charge < -0.3 is 41.4 Å². The number of nitrogens with two attached hydrogens (primary N) is 2. The lowest BCUT2D eigenvalue weighted by molar-refractivity contribution is 0.340. The van der Waals surface area contributed by atoms with Crippen LogP contribution in [0.15, 0.2) is 60.7 Å². The smallest absolute Gasteiger partial charge is 0.120 e. The molecule has 2 aromatic heterocycles. The largest absolute Gasteiger partial charge is 0.494 e. The number of rotatable bonds is 12. The molecule has 0 amide bonds. The summed E-state index contributed by atoms with van der Waals surface area (Å²) in [6, 6.07) is 21.4. The molecule has 49 heavy (non-hydrogen) atoms. The Hall–Kier alpha value is -5.06. The maximum atomic E-state index is 5.88. The maximum absolute atomic E-state index is 5.88. The third-order valence-electron chi connectivity index (χ3n) is 9.70. The Morgan fingerprint density at radius 1 is 0.633 bits per heavy atom. The summed E-state index contributed by atoms with van der Waals surface area (Å²) in [5, 5.41) is 11.8. The average Bonchev–Trinajstić information content (AvgIpc) is 3.11. The molecule has 4 aromatic carbocycles. The van der Waals surface area contributed by atoms with Gasteiger partial charge in [0, 0.05) is 70.2 Å². The monoisotopic (exact) mass is 656 g/mol. The molecule has 2 bridgehead atoms. The van der Waals surface area contributed by atoms with Gasteiger partial charge in [-0.15, -0.1) is 0 Å². The van der Waals surface area contributed by atoms with Crippen LogP contribution in [-0.2, 0) is 13.1 Å². The first-order valence-corrected chi connectivity index (χ1v) is 17.5. The molecular weight excluding hydrogens is 612 g/mol. The minimum absolute atomic E-state index is 0.616. The van der Waals surface area contributed by atoms with Crippen LogP contribution in [0.25, 0.3) is 43.6 Å². The van der Waals surface area contributed by atoms with Crippen molar-refractivity contribution in [3.05, 3.63) is 71.8 Å². The van der Waals surface area contributed by atoms with E-state index in [9.17, 15) is 0 Å². The minimum atomic E-state index is 0.616. The fourth-order valence-electron chi connectivity index (χ4n) is 7.51. The second kappa shape index (κ2) is 13.1. The molecule has 0 atom stereocenters. The molecule has 0 radical (unpaired) electrons. The summed E-state index contributed by atoms with van der Waals surface area (Å²) in [7, 11) is 0. The van der Waals surface area contributed by atoms with E-state index in [0.717, 1.165) is 112 Å². The molecule has 0 saturated heterocycles. The van der Waals surface area contributed by atoms with Crippen molar-refractivity contribution in [3.63, 3.8) is 0 Å². The zero-order valence-corrected chi connectivity index (χ0v) is 28.3. The van der Waals surface area contributed by atoms with Crippen LogP contribution in [-0.4, -0.2) is 56.0 Å². The molecule has 252 valence electrons. The average molecular weight is 657 g/mol. The maximum Gasteiger partial charge on any atom is 0.120 e. The molecule has 0 saturated carbocycles. The topological polar surface area (TPSA) is 127 Å². The van der Waals surface area contributed by atoms with Crippen LogP contribution in [0.4, 0.5) is 22.7 Å². The molecule has 6 N–H and O–H groups in total. The molecule has 0 fully saturated rings. The minimum Gasteiger partial charge on any atom is -0.494 e. The van der Waals surface area contributed by atoms with Crippen molar-refractivity contribution in [2.24, 2.45) is 11.5 Å². The Balaban J connectivity index is 1.25. The van der Waals surface area contributed by atoms with Crippen molar-refractivity contribution in [2.45, 2.75) is 39.8 Å². The van der Waals surface area contributed by atoms with Crippen LogP contribution < -0.4 is 41.4 Å². The number of anilines is 4. The number of hydrogen-bond donors (Lipinski definition) is 4. The van der Waals surface area contributed by atoms with E-state index in [1.54, 1.807) is 0 Å². The summed E-state index contributed by atoms with van der Waals surface area (Å²) in [5.74, 6) is 1.70. The SMILES string of the molecule is CCOc1ccc2nc3c4c(ccc3c(NCCCN)c2c1)N1Cc2c(ccc3c(NCCCN)c5cc(OCC)ccc5nc23)N(C4)C1. The summed E-state index contributed by atoms with van der Waals surface area (Å²) in [6.45, 7) is 10.4. The van der Waals surface area contributed by atoms with Gasteiger partial charge in [0.1, 0.15) is 11.5 Å². The molecule has 10 nitrogen and oxygen atoms in total. The fraction of sp³-hybridized carbons (Fsp3) is 0.333. The lowest BCUT2D eigenvalue weighted by Gasteiger charge is -2.45. The Labute approximate surface area is 286 Å². The number of aromatic nitrogens is 2. The molecule has 8 rings (SSSR count). The van der Waals surface area contributed by atoms with Crippen molar-refractivity contribution in [1.82, 2.24) is 9.97 Å². The van der Waals surface area contributed by atoms with Gasteiger partial charge in [-0.25, -0.2) is 9.97 Å². The van der Waals surface area contributed by atoms with Gasteiger partial charge in [-0.05, 0) is 100 Å². The number of fused-ring (bicyclic) bond motifs is 12. The van der Waals surface area contributed by atoms with E-state index in [4.69, 9.17) is 30.9 Å². The molecule has 4 heterocycles. The second-order valence-electron chi connectivity index (χ2n) is 12.8. The summed E-state index contributed by atoms with van der Waals surface area (Å²) >= 11 is 0. The van der Waals surface area contributed by atoms with Gasteiger partial charge in [-0.2, -0.15) is 0 Å². The van der Waals surface area contributed by atoms with Gasteiger partial charge in [0.2, 0.25) is 0 Å². The number of nitrogens with one attached hydrogen (secondary N) is 2. The number of pyridine rings is 2. The number of ether oxygens (including phenoxy) is 2. The van der Waals surface area contributed by atoms with Crippen LogP contribution in [0, 0.1) is 0 Å². The van der Waals surface area contributed by atoms with Crippen molar-refractivity contribution < 1.29 is 9.47 Å². The molecule has 2 aliphatic rings. The standard InChI is InChI=1S/C39H44N8O2/c1-3-48-24-7-11-32-28(19-24)36(42-17-5-15-40)26-9-13-34-30(38(26)44-32)21-46-23-47(34)22-31-35(46)14-10-27-37(43-18-6-16-41)29-20-25(49-4-2)8-12-33(29)45-39(27)31/h7-14,19-20H,3-6,15-18,21-23,40-41H2,1-2H3,(H,42,44)(H,43,45). The number of hydrogen-bond acceptors (Lipinski definition) is 10. The predicted octanol–water partition coefficient (Wildman–Crippen LogP) is 6.71. The molecule has 0 unspecified atom stereocenters. The van der Waals surface area contributed by atoms with E-state index in [1.807, 2.05) is 26.0 Å². The van der Waals surface area contributed by atoms with Gasteiger partial charge in [0.25, 0.3) is 0 Å². The third kappa shape index (κ3) is 5.45. The van der Waals surface area contributed by atoms with Gasteiger partial charge in [0.15, 0.2) is 0 Å². The van der Waals surface area contributed by atoms with Crippen molar-refractivity contribution in [1.29, 1.82) is 0 Å². The normalized spacial score (nSPS) is 13.6. The van der Waals surface area contributed by atoms with Gasteiger partial charge >= 0.3 is 0 Å². The molecule has 0 spiro atoms. The highest BCUT2D eigenvalue weighted by Crippen LogP contribution is 2.46. The van der Waals surface area contributed by atoms with Crippen molar-refractivity contribution in [3.8, 4) is 11.5 Å². The van der Waals surface area contributed by atoms with Gasteiger partial charge in [-0.1, -0.05) is 0 Å². The van der Waals surface area contributed by atoms with Gasteiger partial charge in [0.05, 0.1) is 53.3 Å². The highest BCUT2D eigenvalue weighted by molar-refractivity contribution is 6.11. The predicted molar refractivity (Wildman–Crippen MR) is 202 cm³/mol. The summed E-state index contributed by atoms with van der Waals surface area (Å²) in [6.07, 6.45) is 1.77. The number of nitrogens with zero attached hydrogens (tertiary/aromatic N) is 4. The lowest BCUT2D eigenvalue weighted by atomic mass is 9.95. The van der Waals surface area contributed by atoms with Crippen LogP contribution >= 0.6 is 0 Å². The van der Waals surface area contributed by atoms with Crippen LogP contribution in [0.3, 0.4) is 0 Å². The van der Waals surface area contributed by atoms with E-state index in [-0.39, 0.29) is 0 Å². The van der Waals surface area contributed by atoms with Crippen LogP contribution in [0.2, 0.25) is 0 Å². The van der Waals surface area contributed by atoms with E-state index in [1.165, 1.54) is 22.5 Å². The Morgan fingerprint density at radius 2 is 1.10 bits per heavy atom. The van der Waals surface area contributed by atoms with Crippen molar-refractivity contribution >= 4 is 66.4 Å². The first-order valence-electron chi connectivity index (χ1n) is 17.5. The van der Waals surface area contributed by atoms with E-state index in [2.05, 4.69) is 69.0 Å². The molecule has 0 aliphatic carbocycles. The van der Waals surface area contributed by atoms with Gasteiger partial charge in [-0.3, -0.25) is 0 Å². The molecule has 2 aliphatic heterocycles. The second-order valence-corrected chi connectivity index (χ2v) is 12.8. The Kier molecular flexibility index (Phi) is 8.35. The third-order valence-corrected chi connectivity index (χ3v) is 9.70. The van der Waals surface area contributed by atoms with E-state index >= 15 is 0 Å². The highest BCUT2D eigenvalue weighted by Gasteiger charge is 2.33. The van der Waals surface area contributed by atoms with Crippen LogP contribution in [0.5, 0.6) is 11.5 Å². The van der Waals surface area contributed by atoms with E-state index in [0.29, 0.717) is 26.3 Å². The summed E-state index contributed by atoms with van der Waals surface area (Å²) in [4.78, 5) is 15.5. The Bertz CT molecular complexity index is 2050. The zero-order chi connectivity index (χ0) is 33.5. The Morgan fingerprint density at radius 3 is 1.53 bits per heavy atom. The quantitative estimate of drug-likeness (QED) is 0.0834. The lowest BCUT2D eigenvalue weighted by Crippen LogP contribution is -2.46. The van der Waals surface area contributed by atoms with Crippen LogP contribution in [0.1, 0.15) is 37.8 Å². The molecule has 6 aromatic rings. The van der Waals surface area contributed by atoms with E-state index < -0.39 is 0 Å². The molecular formula is C39H44N8O2. The fourth-order valence-corrected chi connectivity index (χ4v) is 7.51.